The summed E-state index contributed by atoms with van der Waals surface area (Å²) in [4.78, 5) is 10.4. The van der Waals surface area contributed by atoms with Crippen LogP contribution in [0.4, 0.5) is 5.69 Å². The van der Waals surface area contributed by atoms with Gasteiger partial charge in [-0.3, -0.25) is 10.1 Å². The number of nitro groups is 1. The second kappa shape index (κ2) is 6.26. The average molecular weight is 315 g/mol. The van der Waals surface area contributed by atoms with Gasteiger partial charge in [0.2, 0.25) is 0 Å². The molecule has 0 bridgehead atoms. The molecular weight excluding hydrogens is 298 g/mol. The van der Waals surface area contributed by atoms with Crippen LogP contribution in [0.5, 0.6) is 11.5 Å². The molecule has 0 radical (unpaired) electrons. The van der Waals surface area contributed by atoms with Gasteiger partial charge in [-0.15, -0.1) is 0 Å². The van der Waals surface area contributed by atoms with E-state index in [-0.39, 0.29) is 11.8 Å². The summed E-state index contributed by atoms with van der Waals surface area (Å²) in [6.45, 7) is 0.587. The molecule has 1 heterocycles. The van der Waals surface area contributed by atoms with Gasteiger partial charge in [-0.1, -0.05) is 0 Å². The van der Waals surface area contributed by atoms with Crippen LogP contribution in [0, 0.1) is 10.1 Å². The summed E-state index contributed by atoms with van der Waals surface area (Å²) in [6, 6.07) is 10.3. The summed E-state index contributed by atoms with van der Waals surface area (Å²) in [5.74, 6) is 1.33. The zero-order valence-corrected chi connectivity index (χ0v) is 12.9. The molecule has 0 fully saturated rings. The molecule has 1 aliphatic rings. The topological polar surface area (TPSA) is 70.8 Å². The molecular formula is C17H17NO5. The van der Waals surface area contributed by atoms with Crippen molar-refractivity contribution >= 4 is 5.69 Å². The van der Waals surface area contributed by atoms with Crippen molar-refractivity contribution in [2.75, 3.05) is 20.8 Å². The summed E-state index contributed by atoms with van der Waals surface area (Å²) < 4.78 is 16.6. The van der Waals surface area contributed by atoms with E-state index in [4.69, 9.17) is 14.2 Å². The lowest BCUT2D eigenvalue weighted by Gasteiger charge is -2.27. The molecule has 0 unspecified atom stereocenters. The lowest BCUT2D eigenvalue weighted by atomic mass is 9.92. The number of hydrogen-bond donors (Lipinski definition) is 0. The van der Waals surface area contributed by atoms with Crippen LogP contribution in [0.15, 0.2) is 36.4 Å². The lowest BCUT2D eigenvalue weighted by molar-refractivity contribution is -0.384. The van der Waals surface area contributed by atoms with Gasteiger partial charge in [-0.25, -0.2) is 0 Å². The number of non-ortho nitro benzene ring substituents is 1. The van der Waals surface area contributed by atoms with Crippen molar-refractivity contribution < 1.29 is 19.1 Å². The maximum atomic E-state index is 10.8. The molecule has 23 heavy (non-hydrogen) atoms. The molecule has 0 N–H and O–H groups in total. The van der Waals surface area contributed by atoms with Crippen LogP contribution in [-0.2, 0) is 11.2 Å². The van der Waals surface area contributed by atoms with E-state index >= 15 is 0 Å². The van der Waals surface area contributed by atoms with Crippen LogP contribution in [0.3, 0.4) is 0 Å². The smallest absolute Gasteiger partial charge is 0.269 e. The number of hydrogen-bond acceptors (Lipinski definition) is 5. The highest BCUT2D eigenvalue weighted by Gasteiger charge is 2.25. The van der Waals surface area contributed by atoms with Gasteiger partial charge < -0.3 is 14.2 Å². The molecule has 0 aliphatic carbocycles. The normalized spacial score (nSPS) is 16.5. The van der Waals surface area contributed by atoms with Crippen LogP contribution in [0.25, 0.3) is 0 Å². The van der Waals surface area contributed by atoms with Crippen LogP contribution in [0.2, 0.25) is 0 Å². The van der Waals surface area contributed by atoms with E-state index in [1.807, 2.05) is 12.1 Å². The third-order valence-electron chi connectivity index (χ3n) is 3.99. The zero-order chi connectivity index (χ0) is 16.4. The van der Waals surface area contributed by atoms with E-state index in [9.17, 15) is 10.1 Å². The van der Waals surface area contributed by atoms with E-state index < -0.39 is 4.92 Å². The fraction of sp³-hybridized carbons (Fsp3) is 0.294. The van der Waals surface area contributed by atoms with Gasteiger partial charge in [-0.2, -0.15) is 0 Å². The molecule has 3 rings (SSSR count). The van der Waals surface area contributed by atoms with E-state index in [0.29, 0.717) is 18.1 Å². The second-order valence-electron chi connectivity index (χ2n) is 5.26. The summed E-state index contributed by atoms with van der Waals surface area (Å²) in [7, 11) is 3.20. The van der Waals surface area contributed by atoms with Gasteiger partial charge in [0, 0.05) is 12.1 Å². The maximum Gasteiger partial charge on any atom is 0.269 e. The molecule has 6 nitrogen and oxygen atoms in total. The molecule has 0 saturated carbocycles. The molecule has 2 aromatic carbocycles. The van der Waals surface area contributed by atoms with Crippen LogP contribution in [0.1, 0.15) is 22.8 Å². The molecule has 0 spiro atoms. The molecule has 1 atom stereocenters. The Morgan fingerprint density at radius 3 is 2.39 bits per heavy atom. The lowest BCUT2D eigenvalue weighted by Crippen LogP contribution is -2.17. The van der Waals surface area contributed by atoms with Crippen LogP contribution >= 0.6 is 0 Å². The van der Waals surface area contributed by atoms with Crippen molar-refractivity contribution in [3.8, 4) is 11.5 Å². The molecule has 0 amide bonds. The first-order chi connectivity index (χ1) is 11.1. The first-order valence-electron chi connectivity index (χ1n) is 7.24. The van der Waals surface area contributed by atoms with Gasteiger partial charge in [0.15, 0.2) is 11.5 Å². The number of benzene rings is 2. The standard InChI is InChI=1S/C17H17NO5/c1-21-15-9-12-7-8-23-17(14(12)10-16(15)22-2)11-3-5-13(6-4-11)18(19)20/h3-6,9-10,17H,7-8H2,1-2H3/t17-/m1/s1. The van der Waals surface area contributed by atoms with Crippen molar-refractivity contribution in [2.24, 2.45) is 0 Å². The van der Waals surface area contributed by atoms with Gasteiger partial charge >= 0.3 is 0 Å². The van der Waals surface area contributed by atoms with Crippen LogP contribution in [-0.4, -0.2) is 25.7 Å². The fourth-order valence-corrected chi connectivity index (χ4v) is 2.82. The molecule has 2 aromatic rings. The SMILES string of the molecule is COc1cc2c(cc1OC)[C@@H](c1ccc([N+](=O)[O-])cc1)OCC2. The average Bonchev–Trinajstić information content (AvgIpc) is 2.60. The highest BCUT2D eigenvalue weighted by molar-refractivity contribution is 5.51. The Bertz CT molecular complexity index is 727. The Kier molecular flexibility index (Phi) is 4.16. The summed E-state index contributed by atoms with van der Waals surface area (Å²) in [5, 5.41) is 10.8. The van der Waals surface area contributed by atoms with Crippen molar-refractivity contribution in [3.05, 3.63) is 63.2 Å². The second-order valence-corrected chi connectivity index (χ2v) is 5.26. The number of nitro benzene ring substituents is 1. The van der Waals surface area contributed by atoms with E-state index in [2.05, 4.69) is 0 Å². The molecule has 120 valence electrons. The largest absolute Gasteiger partial charge is 0.493 e. The molecule has 0 aromatic heterocycles. The number of rotatable bonds is 4. The predicted octanol–water partition coefficient (Wildman–Crippen LogP) is 3.27. The Morgan fingerprint density at radius 1 is 1.13 bits per heavy atom. The van der Waals surface area contributed by atoms with Gasteiger partial charge in [0.25, 0.3) is 5.69 Å². The van der Waals surface area contributed by atoms with Gasteiger partial charge in [0.1, 0.15) is 6.10 Å². The van der Waals surface area contributed by atoms with Crippen molar-refractivity contribution in [1.29, 1.82) is 0 Å². The first-order valence-corrected chi connectivity index (χ1v) is 7.24. The third-order valence-corrected chi connectivity index (χ3v) is 3.99. The number of fused-ring (bicyclic) bond motifs is 1. The quantitative estimate of drug-likeness (QED) is 0.639. The Morgan fingerprint density at radius 2 is 1.78 bits per heavy atom. The molecule has 0 saturated heterocycles. The third kappa shape index (κ3) is 2.85. The monoisotopic (exact) mass is 315 g/mol. The minimum absolute atomic E-state index is 0.0668. The predicted molar refractivity (Wildman–Crippen MR) is 84.1 cm³/mol. The van der Waals surface area contributed by atoms with E-state index in [1.165, 1.54) is 12.1 Å². The van der Waals surface area contributed by atoms with E-state index in [0.717, 1.165) is 23.1 Å². The zero-order valence-electron chi connectivity index (χ0n) is 12.9. The van der Waals surface area contributed by atoms with Crippen LogP contribution < -0.4 is 9.47 Å². The minimum Gasteiger partial charge on any atom is -0.493 e. The van der Waals surface area contributed by atoms with E-state index in [1.54, 1.807) is 26.4 Å². The number of nitrogens with zero attached hydrogens (tertiary/aromatic N) is 1. The number of methoxy groups -OCH3 is 2. The highest BCUT2D eigenvalue weighted by Crippen LogP contribution is 2.39. The van der Waals surface area contributed by atoms with Crippen molar-refractivity contribution in [2.45, 2.75) is 12.5 Å². The fourth-order valence-electron chi connectivity index (χ4n) is 2.82. The summed E-state index contributed by atoms with van der Waals surface area (Å²) in [6.07, 6.45) is 0.526. The minimum atomic E-state index is -0.409. The Hall–Kier alpha value is -2.60. The van der Waals surface area contributed by atoms with Gasteiger partial charge in [-0.05, 0) is 47.4 Å². The van der Waals surface area contributed by atoms with Gasteiger partial charge in [0.05, 0.1) is 25.7 Å². The van der Waals surface area contributed by atoms with Crippen molar-refractivity contribution in [1.82, 2.24) is 0 Å². The maximum absolute atomic E-state index is 10.8. The Labute approximate surface area is 133 Å². The summed E-state index contributed by atoms with van der Waals surface area (Å²) >= 11 is 0. The number of ether oxygens (including phenoxy) is 3. The Balaban J connectivity index is 2.02. The summed E-state index contributed by atoms with van der Waals surface area (Å²) in [5.41, 5.74) is 3.08. The molecule has 1 aliphatic heterocycles. The van der Waals surface area contributed by atoms with Crippen molar-refractivity contribution in [3.63, 3.8) is 0 Å². The molecule has 6 heteroatoms. The highest BCUT2D eigenvalue weighted by atomic mass is 16.6. The first kappa shape index (κ1) is 15.3.